The largest absolute Gasteiger partial charge is 0.484 e. The van der Waals surface area contributed by atoms with Gasteiger partial charge < -0.3 is 14.5 Å². The molecule has 0 amide bonds. The average Bonchev–Trinajstić information content (AvgIpc) is 2.88. The van der Waals surface area contributed by atoms with Crippen LogP contribution >= 0.6 is 27.5 Å². The number of ether oxygens (including phenoxy) is 1. The molecule has 0 spiro atoms. The summed E-state index contributed by atoms with van der Waals surface area (Å²) in [7, 11) is 0. The Labute approximate surface area is 132 Å². The highest BCUT2D eigenvalue weighted by Crippen LogP contribution is 2.28. The van der Waals surface area contributed by atoms with Crippen LogP contribution in [0.1, 0.15) is 24.9 Å². The Kier molecular flexibility index (Phi) is 5.95. The summed E-state index contributed by atoms with van der Waals surface area (Å²) in [6, 6.07) is 9.40. The molecule has 3 nitrogen and oxygen atoms in total. The second-order valence-electron chi connectivity index (χ2n) is 4.41. The van der Waals surface area contributed by atoms with Crippen molar-refractivity contribution in [2.24, 2.45) is 0 Å². The van der Waals surface area contributed by atoms with Gasteiger partial charge in [0.15, 0.2) is 0 Å². The van der Waals surface area contributed by atoms with Gasteiger partial charge in [-0.25, -0.2) is 0 Å². The number of hydrogen-bond acceptors (Lipinski definition) is 3. The minimum Gasteiger partial charge on any atom is -0.484 e. The van der Waals surface area contributed by atoms with Gasteiger partial charge in [-0.2, -0.15) is 0 Å². The van der Waals surface area contributed by atoms with Crippen LogP contribution in [0.2, 0.25) is 5.02 Å². The summed E-state index contributed by atoms with van der Waals surface area (Å²) in [4.78, 5) is 0. The molecule has 0 atom stereocenters. The van der Waals surface area contributed by atoms with Crippen molar-refractivity contribution in [1.29, 1.82) is 0 Å². The number of furan rings is 1. The molecule has 0 bridgehead atoms. The minimum atomic E-state index is 0.365. The summed E-state index contributed by atoms with van der Waals surface area (Å²) < 4.78 is 12.3. The molecular weight excluding hydrogens is 342 g/mol. The lowest BCUT2D eigenvalue weighted by Gasteiger charge is -2.06. The van der Waals surface area contributed by atoms with E-state index >= 15 is 0 Å². The molecule has 0 fully saturated rings. The zero-order valence-corrected chi connectivity index (χ0v) is 13.6. The normalized spacial score (nSPS) is 10.8. The van der Waals surface area contributed by atoms with Gasteiger partial charge in [0.2, 0.25) is 0 Å². The van der Waals surface area contributed by atoms with E-state index in [1.165, 1.54) is 0 Å². The topological polar surface area (TPSA) is 34.4 Å². The Hall–Kier alpha value is -0.970. The first-order chi connectivity index (χ1) is 9.69. The highest BCUT2D eigenvalue weighted by atomic mass is 79.9. The van der Waals surface area contributed by atoms with Crippen molar-refractivity contribution in [1.82, 2.24) is 5.32 Å². The van der Waals surface area contributed by atoms with E-state index in [-0.39, 0.29) is 0 Å². The van der Waals surface area contributed by atoms with Crippen molar-refractivity contribution in [3.63, 3.8) is 0 Å². The van der Waals surface area contributed by atoms with Crippen molar-refractivity contribution < 1.29 is 9.15 Å². The minimum absolute atomic E-state index is 0.365. The molecule has 1 N–H and O–H groups in total. The van der Waals surface area contributed by atoms with Crippen molar-refractivity contribution in [3.8, 4) is 5.75 Å². The molecule has 1 aromatic carbocycles. The van der Waals surface area contributed by atoms with Crippen LogP contribution in [-0.2, 0) is 13.2 Å². The fourth-order valence-electron chi connectivity index (χ4n) is 1.72. The van der Waals surface area contributed by atoms with Crippen LogP contribution in [0.25, 0.3) is 0 Å². The lowest BCUT2D eigenvalue weighted by molar-refractivity contribution is 0.265. The predicted molar refractivity (Wildman–Crippen MR) is 84.2 cm³/mol. The molecular formula is C15H17BrClNO2. The Morgan fingerprint density at radius 1 is 1.25 bits per heavy atom. The zero-order valence-electron chi connectivity index (χ0n) is 11.3. The molecule has 2 aromatic rings. The monoisotopic (exact) mass is 357 g/mol. The summed E-state index contributed by atoms with van der Waals surface area (Å²) in [6.45, 7) is 4.23. The standard InChI is InChI=1S/C15H17BrClNO2/c1-2-7-18-9-12-4-5-13(20-12)10-19-15-8-11(16)3-6-14(15)17/h3-6,8,18H,2,7,9-10H2,1H3. The van der Waals surface area contributed by atoms with Crippen LogP contribution in [-0.4, -0.2) is 6.54 Å². The highest BCUT2D eigenvalue weighted by Gasteiger charge is 2.06. The Morgan fingerprint density at radius 3 is 2.85 bits per heavy atom. The third-order valence-corrected chi connectivity index (χ3v) is 3.51. The van der Waals surface area contributed by atoms with Gasteiger partial charge in [0.25, 0.3) is 0 Å². The van der Waals surface area contributed by atoms with Crippen LogP contribution in [0.3, 0.4) is 0 Å². The van der Waals surface area contributed by atoms with Gasteiger partial charge >= 0.3 is 0 Å². The predicted octanol–water partition coefficient (Wildman–Crippen LogP) is 4.77. The van der Waals surface area contributed by atoms with E-state index in [2.05, 4.69) is 28.2 Å². The first-order valence-electron chi connectivity index (χ1n) is 6.55. The Bertz CT molecular complexity index is 557. The average molecular weight is 359 g/mol. The molecule has 5 heteroatoms. The quantitative estimate of drug-likeness (QED) is 0.724. The van der Waals surface area contributed by atoms with Crippen molar-refractivity contribution in [3.05, 3.63) is 51.3 Å². The van der Waals surface area contributed by atoms with Gasteiger partial charge in [0.1, 0.15) is 23.9 Å². The summed E-state index contributed by atoms with van der Waals surface area (Å²) in [5, 5.41) is 3.88. The van der Waals surface area contributed by atoms with E-state index in [1.54, 1.807) is 6.07 Å². The van der Waals surface area contributed by atoms with E-state index in [0.29, 0.717) is 17.4 Å². The van der Waals surface area contributed by atoms with Crippen molar-refractivity contribution in [2.45, 2.75) is 26.5 Å². The fourth-order valence-corrected chi connectivity index (χ4v) is 2.23. The summed E-state index contributed by atoms with van der Waals surface area (Å²) >= 11 is 9.46. The molecule has 0 aliphatic rings. The smallest absolute Gasteiger partial charge is 0.146 e. The molecule has 2 rings (SSSR count). The second kappa shape index (κ2) is 7.72. The van der Waals surface area contributed by atoms with Crippen LogP contribution in [0.15, 0.2) is 39.2 Å². The number of rotatable bonds is 7. The maximum Gasteiger partial charge on any atom is 0.146 e. The van der Waals surface area contributed by atoms with Crippen LogP contribution < -0.4 is 10.1 Å². The number of benzene rings is 1. The third kappa shape index (κ3) is 4.54. The molecule has 20 heavy (non-hydrogen) atoms. The lowest BCUT2D eigenvalue weighted by atomic mass is 10.3. The highest BCUT2D eigenvalue weighted by molar-refractivity contribution is 9.10. The van der Waals surface area contributed by atoms with Crippen molar-refractivity contribution >= 4 is 27.5 Å². The molecule has 0 aliphatic heterocycles. The molecule has 0 radical (unpaired) electrons. The maximum atomic E-state index is 6.07. The summed E-state index contributed by atoms with van der Waals surface area (Å²) in [5.41, 5.74) is 0. The summed E-state index contributed by atoms with van der Waals surface area (Å²) in [5.74, 6) is 2.34. The third-order valence-electron chi connectivity index (χ3n) is 2.71. The zero-order chi connectivity index (χ0) is 14.4. The first-order valence-corrected chi connectivity index (χ1v) is 7.72. The number of halogens is 2. The van der Waals surface area contributed by atoms with Crippen LogP contribution in [0.5, 0.6) is 5.75 Å². The molecule has 0 saturated carbocycles. The molecule has 0 unspecified atom stereocenters. The Morgan fingerprint density at radius 2 is 2.05 bits per heavy atom. The van der Waals surface area contributed by atoms with Crippen LogP contribution in [0, 0.1) is 0 Å². The second-order valence-corrected chi connectivity index (χ2v) is 5.73. The van der Waals surface area contributed by atoms with Gasteiger partial charge in [-0.15, -0.1) is 0 Å². The van der Waals surface area contributed by atoms with Gasteiger partial charge in [-0.05, 0) is 43.3 Å². The number of hydrogen-bond donors (Lipinski definition) is 1. The van der Waals surface area contributed by atoms with Gasteiger partial charge in [0.05, 0.1) is 11.6 Å². The van der Waals surface area contributed by atoms with E-state index in [0.717, 1.165) is 35.5 Å². The number of nitrogens with one attached hydrogen (secondary N) is 1. The molecule has 0 saturated heterocycles. The van der Waals surface area contributed by atoms with E-state index < -0.39 is 0 Å². The molecule has 0 aliphatic carbocycles. The fraction of sp³-hybridized carbons (Fsp3) is 0.333. The molecule has 1 aromatic heterocycles. The van der Waals surface area contributed by atoms with E-state index in [4.69, 9.17) is 20.8 Å². The first kappa shape index (κ1) is 15.4. The summed E-state index contributed by atoms with van der Waals surface area (Å²) in [6.07, 6.45) is 1.11. The van der Waals surface area contributed by atoms with Gasteiger partial charge in [-0.3, -0.25) is 0 Å². The maximum absolute atomic E-state index is 6.07. The lowest BCUT2D eigenvalue weighted by Crippen LogP contribution is -2.13. The van der Waals surface area contributed by atoms with E-state index in [9.17, 15) is 0 Å². The molecule has 108 valence electrons. The van der Waals surface area contributed by atoms with Gasteiger partial charge in [0, 0.05) is 4.47 Å². The molecule has 1 heterocycles. The van der Waals surface area contributed by atoms with E-state index in [1.807, 2.05) is 24.3 Å². The van der Waals surface area contributed by atoms with Gasteiger partial charge in [-0.1, -0.05) is 34.5 Å². The van der Waals surface area contributed by atoms with Crippen LogP contribution in [0.4, 0.5) is 0 Å². The Balaban J connectivity index is 1.89. The van der Waals surface area contributed by atoms with Crippen molar-refractivity contribution in [2.75, 3.05) is 6.54 Å². The SMILES string of the molecule is CCCNCc1ccc(COc2cc(Br)ccc2Cl)o1.